The van der Waals surface area contributed by atoms with Gasteiger partial charge in [0, 0.05) is 44.2 Å². The van der Waals surface area contributed by atoms with Gasteiger partial charge < -0.3 is 24.6 Å². The molecule has 1 N–H and O–H groups in total. The summed E-state index contributed by atoms with van der Waals surface area (Å²) in [7, 11) is 0. The molecule has 3 heterocycles. The SMILES string of the molecule is O=C(NC(Cc1ccc(OC2CCOCC2)c(Cl)c1)CN1CCCC1)C1CCN(c2ccc(F)cc2)C1. The summed E-state index contributed by atoms with van der Waals surface area (Å²) in [4.78, 5) is 17.9. The number of halogens is 2. The number of carbonyl (C=O) groups is 1. The number of hydrogen-bond acceptors (Lipinski definition) is 5. The molecule has 2 atom stereocenters. The van der Waals surface area contributed by atoms with Crippen LogP contribution in [0.4, 0.5) is 10.1 Å². The summed E-state index contributed by atoms with van der Waals surface area (Å²) in [5.74, 6) is 0.485. The van der Waals surface area contributed by atoms with Crippen molar-refractivity contribution in [2.45, 2.75) is 50.7 Å². The molecule has 0 saturated carbocycles. The minimum atomic E-state index is -0.245. The van der Waals surface area contributed by atoms with Crippen LogP contribution in [0.1, 0.15) is 37.7 Å². The lowest BCUT2D eigenvalue weighted by Gasteiger charge is -2.27. The van der Waals surface area contributed by atoms with Crippen LogP contribution in [0.5, 0.6) is 5.75 Å². The third-order valence-corrected chi connectivity index (χ3v) is 8.01. The quantitative estimate of drug-likeness (QED) is 0.511. The van der Waals surface area contributed by atoms with Crippen molar-refractivity contribution in [1.29, 1.82) is 0 Å². The van der Waals surface area contributed by atoms with Gasteiger partial charge in [0.1, 0.15) is 17.7 Å². The molecule has 200 valence electrons. The highest BCUT2D eigenvalue weighted by molar-refractivity contribution is 6.32. The van der Waals surface area contributed by atoms with Gasteiger partial charge in [0.25, 0.3) is 0 Å². The molecule has 3 aliphatic heterocycles. The van der Waals surface area contributed by atoms with E-state index in [1.54, 1.807) is 12.1 Å². The van der Waals surface area contributed by atoms with Crippen LogP contribution in [0.25, 0.3) is 0 Å². The number of nitrogens with one attached hydrogen (secondary N) is 1. The minimum absolute atomic E-state index is 0.00352. The minimum Gasteiger partial charge on any atom is -0.489 e. The maximum atomic E-state index is 13.3. The van der Waals surface area contributed by atoms with Crippen LogP contribution in [0, 0.1) is 11.7 Å². The van der Waals surface area contributed by atoms with Crippen LogP contribution in [-0.4, -0.2) is 68.9 Å². The van der Waals surface area contributed by atoms with E-state index in [1.165, 1.54) is 25.0 Å². The van der Waals surface area contributed by atoms with E-state index in [0.717, 1.165) is 69.9 Å². The monoisotopic (exact) mass is 529 g/mol. The van der Waals surface area contributed by atoms with Crippen molar-refractivity contribution in [3.05, 3.63) is 58.9 Å². The highest BCUT2D eigenvalue weighted by Gasteiger charge is 2.30. The molecule has 2 aromatic rings. The molecule has 6 nitrogen and oxygen atoms in total. The third kappa shape index (κ3) is 7.15. The molecule has 1 amide bonds. The molecular weight excluding hydrogens is 493 g/mol. The fourth-order valence-electron chi connectivity index (χ4n) is 5.64. The average Bonchev–Trinajstić information content (AvgIpc) is 3.60. The van der Waals surface area contributed by atoms with Gasteiger partial charge >= 0.3 is 0 Å². The standard InChI is InChI=1S/C29H37ClFN3O3/c30-27-18-21(3-8-28(27)37-26-10-15-36-16-11-26)17-24(20-33-12-1-2-13-33)32-29(35)22-9-14-34(19-22)25-6-4-23(31)5-7-25/h3-8,18,22,24,26H,1-2,9-17,19-20H2,(H,32,35). The predicted molar refractivity (Wildman–Crippen MR) is 144 cm³/mol. The van der Waals surface area contributed by atoms with Crippen molar-refractivity contribution < 1.29 is 18.7 Å². The van der Waals surface area contributed by atoms with Crippen LogP contribution in [0.2, 0.25) is 5.02 Å². The van der Waals surface area contributed by atoms with Crippen LogP contribution in [0.15, 0.2) is 42.5 Å². The Bertz CT molecular complexity index is 1040. The Morgan fingerprint density at radius 2 is 1.84 bits per heavy atom. The first kappa shape index (κ1) is 26.3. The Morgan fingerprint density at radius 1 is 1.08 bits per heavy atom. The smallest absolute Gasteiger partial charge is 0.225 e. The lowest BCUT2D eigenvalue weighted by Crippen LogP contribution is -2.46. The first-order valence-corrected chi connectivity index (χ1v) is 14.0. The highest BCUT2D eigenvalue weighted by atomic mass is 35.5. The number of nitrogens with zero attached hydrogens (tertiary/aromatic N) is 2. The number of hydrogen-bond donors (Lipinski definition) is 1. The predicted octanol–water partition coefficient (Wildman–Crippen LogP) is 4.69. The van der Waals surface area contributed by atoms with Gasteiger partial charge in [-0.2, -0.15) is 0 Å². The molecule has 0 spiro atoms. The zero-order chi connectivity index (χ0) is 25.6. The Balaban J connectivity index is 1.21. The Labute approximate surface area is 224 Å². The van der Waals surface area contributed by atoms with Gasteiger partial charge in [-0.3, -0.25) is 4.79 Å². The molecule has 2 unspecified atom stereocenters. The molecule has 37 heavy (non-hydrogen) atoms. The summed E-state index contributed by atoms with van der Waals surface area (Å²) in [6.07, 6.45) is 5.82. The van der Waals surface area contributed by atoms with E-state index >= 15 is 0 Å². The summed E-state index contributed by atoms with van der Waals surface area (Å²) in [5, 5.41) is 3.97. The average molecular weight is 530 g/mol. The van der Waals surface area contributed by atoms with E-state index in [2.05, 4.69) is 21.2 Å². The Morgan fingerprint density at radius 3 is 2.57 bits per heavy atom. The number of benzene rings is 2. The van der Waals surface area contributed by atoms with Gasteiger partial charge in [0.15, 0.2) is 0 Å². The van der Waals surface area contributed by atoms with Gasteiger partial charge in [-0.1, -0.05) is 17.7 Å². The number of likely N-dealkylation sites (tertiary alicyclic amines) is 1. The van der Waals surface area contributed by atoms with Crippen molar-refractivity contribution >= 4 is 23.2 Å². The van der Waals surface area contributed by atoms with Gasteiger partial charge in [-0.15, -0.1) is 0 Å². The lowest BCUT2D eigenvalue weighted by molar-refractivity contribution is -0.125. The summed E-state index contributed by atoms with van der Waals surface area (Å²) < 4.78 is 24.9. The van der Waals surface area contributed by atoms with E-state index in [0.29, 0.717) is 23.7 Å². The van der Waals surface area contributed by atoms with E-state index in [1.807, 2.05) is 12.1 Å². The fourth-order valence-corrected chi connectivity index (χ4v) is 5.89. The van der Waals surface area contributed by atoms with Crippen molar-refractivity contribution in [1.82, 2.24) is 10.2 Å². The lowest BCUT2D eigenvalue weighted by atomic mass is 10.0. The van der Waals surface area contributed by atoms with Crippen LogP contribution in [-0.2, 0) is 16.0 Å². The first-order valence-electron chi connectivity index (χ1n) is 13.6. The summed E-state index contributed by atoms with van der Waals surface area (Å²) in [6, 6.07) is 12.5. The summed E-state index contributed by atoms with van der Waals surface area (Å²) in [5.41, 5.74) is 2.05. The maximum Gasteiger partial charge on any atom is 0.225 e. The third-order valence-electron chi connectivity index (χ3n) is 7.71. The van der Waals surface area contributed by atoms with Crippen molar-refractivity contribution in [3.8, 4) is 5.75 Å². The summed E-state index contributed by atoms with van der Waals surface area (Å²) >= 11 is 6.61. The summed E-state index contributed by atoms with van der Waals surface area (Å²) in [6.45, 7) is 5.88. The maximum absolute atomic E-state index is 13.3. The second-order valence-electron chi connectivity index (χ2n) is 10.5. The number of rotatable bonds is 9. The van der Waals surface area contributed by atoms with Crippen molar-refractivity contribution in [2.24, 2.45) is 5.92 Å². The second-order valence-corrected chi connectivity index (χ2v) is 10.9. The van der Waals surface area contributed by atoms with Crippen LogP contribution in [0.3, 0.4) is 0 Å². The largest absolute Gasteiger partial charge is 0.489 e. The van der Waals surface area contributed by atoms with Gasteiger partial charge in [0.05, 0.1) is 24.2 Å². The van der Waals surface area contributed by atoms with E-state index < -0.39 is 0 Å². The molecule has 0 bridgehead atoms. The number of ether oxygens (including phenoxy) is 2. The molecule has 0 aromatic heterocycles. The molecule has 3 saturated heterocycles. The van der Waals surface area contributed by atoms with E-state index in [9.17, 15) is 9.18 Å². The van der Waals surface area contributed by atoms with Crippen LogP contribution >= 0.6 is 11.6 Å². The van der Waals surface area contributed by atoms with E-state index in [4.69, 9.17) is 21.1 Å². The second kappa shape index (κ2) is 12.5. The zero-order valence-corrected chi connectivity index (χ0v) is 22.1. The van der Waals surface area contributed by atoms with Gasteiger partial charge in [-0.05, 0) is 80.7 Å². The first-order chi connectivity index (χ1) is 18.0. The van der Waals surface area contributed by atoms with Crippen molar-refractivity contribution in [3.63, 3.8) is 0 Å². The molecule has 5 rings (SSSR count). The molecule has 3 fully saturated rings. The number of amides is 1. The molecular formula is C29H37ClFN3O3. The van der Waals surface area contributed by atoms with Gasteiger partial charge in [-0.25, -0.2) is 4.39 Å². The molecule has 0 aliphatic carbocycles. The fraction of sp³-hybridized carbons (Fsp3) is 0.552. The molecule has 3 aliphatic rings. The topological polar surface area (TPSA) is 54.0 Å². The van der Waals surface area contributed by atoms with E-state index in [-0.39, 0.29) is 29.8 Å². The molecule has 2 aromatic carbocycles. The Kier molecular flexibility index (Phi) is 8.85. The highest BCUT2D eigenvalue weighted by Crippen LogP contribution is 2.29. The zero-order valence-electron chi connectivity index (χ0n) is 21.3. The number of anilines is 1. The van der Waals surface area contributed by atoms with Crippen LogP contribution < -0.4 is 15.0 Å². The molecule has 0 radical (unpaired) electrons. The van der Waals surface area contributed by atoms with Crippen molar-refractivity contribution in [2.75, 3.05) is 50.8 Å². The normalized spacial score (nSPS) is 21.8. The number of carbonyl (C=O) groups excluding carboxylic acids is 1. The van der Waals surface area contributed by atoms with Gasteiger partial charge in [0.2, 0.25) is 5.91 Å². The Hall–Kier alpha value is -2.35. The molecule has 8 heteroatoms.